The molecular weight excluding hydrogens is 296 g/mol. The highest BCUT2D eigenvalue weighted by molar-refractivity contribution is 6.30. The van der Waals surface area contributed by atoms with Crippen LogP contribution in [0.2, 0.25) is 5.02 Å². The van der Waals surface area contributed by atoms with E-state index in [2.05, 4.69) is 19.1 Å². The molecule has 0 amide bonds. The van der Waals surface area contributed by atoms with Crippen molar-refractivity contribution in [1.29, 1.82) is 0 Å². The van der Waals surface area contributed by atoms with Gasteiger partial charge in [0.2, 0.25) is 0 Å². The van der Waals surface area contributed by atoms with Gasteiger partial charge in [-0.05, 0) is 56.6 Å². The largest absolute Gasteiger partial charge is 0.348 e. The van der Waals surface area contributed by atoms with Crippen LogP contribution < -0.4 is 0 Å². The Bertz CT molecular complexity index is 481. The molecule has 120 valence electrons. The minimum absolute atomic E-state index is 0.229. The average Bonchev–Trinajstić information content (AvgIpc) is 2.57. The van der Waals surface area contributed by atoms with Crippen LogP contribution in [0.3, 0.4) is 0 Å². The van der Waals surface area contributed by atoms with Gasteiger partial charge in [-0.3, -0.25) is 0 Å². The summed E-state index contributed by atoms with van der Waals surface area (Å²) in [5.41, 5.74) is 1.06. The Hall–Kier alpha value is -0.830. The van der Waals surface area contributed by atoms with Crippen LogP contribution in [0.15, 0.2) is 36.4 Å². The van der Waals surface area contributed by atoms with E-state index in [4.69, 9.17) is 21.1 Å². The zero-order valence-corrected chi connectivity index (χ0v) is 14.0. The van der Waals surface area contributed by atoms with E-state index in [1.807, 2.05) is 24.3 Å². The molecule has 1 aromatic rings. The SMILES string of the molecule is C/C=C/[C@H]1CC[C@H](C2COC(c3ccc(Cl)cc3)OC2)CC1. The molecule has 1 aromatic carbocycles. The van der Waals surface area contributed by atoms with Gasteiger partial charge in [0.05, 0.1) is 13.2 Å². The van der Waals surface area contributed by atoms with Gasteiger partial charge < -0.3 is 9.47 Å². The quantitative estimate of drug-likeness (QED) is 0.696. The van der Waals surface area contributed by atoms with E-state index in [1.165, 1.54) is 25.7 Å². The van der Waals surface area contributed by atoms with Crippen LogP contribution in [0.25, 0.3) is 0 Å². The average molecular weight is 321 g/mol. The van der Waals surface area contributed by atoms with Crippen molar-refractivity contribution in [3.05, 3.63) is 47.0 Å². The highest BCUT2D eigenvalue weighted by Gasteiger charge is 2.31. The van der Waals surface area contributed by atoms with Crippen LogP contribution in [0.5, 0.6) is 0 Å². The van der Waals surface area contributed by atoms with Crippen molar-refractivity contribution in [2.24, 2.45) is 17.8 Å². The fraction of sp³-hybridized carbons (Fsp3) is 0.579. The normalized spacial score (nSPS) is 33.2. The third kappa shape index (κ3) is 3.92. The fourth-order valence-electron chi connectivity index (χ4n) is 3.68. The molecule has 1 saturated carbocycles. The molecule has 0 radical (unpaired) electrons. The molecule has 2 nitrogen and oxygen atoms in total. The first-order valence-corrected chi connectivity index (χ1v) is 8.75. The molecular formula is C19H25ClO2. The molecule has 1 aliphatic carbocycles. The second-order valence-electron chi connectivity index (χ2n) is 6.51. The number of hydrogen-bond acceptors (Lipinski definition) is 2. The molecule has 2 fully saturated rings. The van der Waals surface area contributed by atoms with Crippen molar-refractivity contribution in [1.82, 2.24) is 0 Å². The van der Waals surface area contributed by atoms with Crippen molar-refractivity contribution in [3.8, 4) is 0 Å². The zero-order chi connectivity index (χ0) is 15.4. The number of rotatable bonds is 3. The van der Waals surface area contributed by atoms with Gasteiger partial charge in [0.1, 0.15) is 0 Å². The van der Waals surface area contributed by atoms with Gasteiger partial charge in [-0.25, -0.2) is 0 Å². The molecule has 1 heterocycles. The second-order valence-corrected chi connectivity index (χ2v) is 6.95. The zero-order valence-electron chi connectivity index (χ0n) is 13.2. The lowest BCUT2D eigenvalue weighted by molar-refractivity contribution is -0.214. The highest BCUT2D eigenvalue weighted by Crippen LogP contribution is 2.37. The first kappa shape index (κ1) is 16.0. The third-order valence-electron chi connectivity index (χ3n) is 5.01. The monoisotopic (exact) mass is 320 g/mol. The summed E-state index contributed by atoms with van der Waals surface area (Å²) in [6.07, 6.45) is 9.55. The van der Waals surface area contributed by atoms with Crippen molar-refractivity contribution in [2.75, 3.05) is 13.2 Å². The summed E-state index contributed by atoms with van der Waals surface area (Å²) in [6.45, 7) is 3.74. The van der Waals surface area contributed by atoms with E-state index < -0.39 is 0 Å². The van der Waals surface area contributed by atoms with E-state index >= 15 is 0 Å². The number of allylic oxidation sites excluding steroid dienone is 2. The van der Waals surface area contributed by atoms with Gasteiger partial charge in [-0.1, -0.05) is 35.9 Å². The van der Waals surface area contributed by atoms with Crippen molar-refractivity contribution in [2.45, 2.75) is 38.9 Å². The van der Waals surface area contributed by atoms with Gasteiger partial charge in [0, 0.05) is 16.5 Å². The van der Waals surface area contributed by atoms with E-state index in [-0.39, 0.29) is 6.29 Å². The van der Waals surface area contributed by atoms with Gasteiger partial charge in [0.15, 0.2) is 6.29 Å². The van der Waals surface area contributed by atoms with Crippen molar-refractivity contribution < 1.29 is 9.47 Å². The Morgan fingerprint density at radius 3 is 2.18 bits per heavy atom. The number of benzene rings is 1. The minimum Gasteiger partial charge on any atom is -0.348 e. The molecule has 2 aliphatic rings. The molecule has 22 heavy (non-hydrogen) atoms. The molecule has 0 unspecified atom stereocenters. The van der Waals surface area contributed by atoms with E-state index in [9.17, 15) is 0 Å². The topological polar surface area (TPSA) is 18.5 Å². The fourth-order valence-corrected chi connectivity index (χ4v) is 3.81. The van der Waals surface area contributed by atoms with Crippen molar-refractivity contribution >= 4 is 11.6 Å². The van der Waals surface area contributed by atoms with Gasteiger partial charge in [-0.15, -0.1) is 0 Å². The van der Waals surface area contributed by atoms with Gasteiger partial charge >= 0.3 is 0 Å². The summed E-state index contributed by atoms with van der Waals surface area (Å²) in [7, 11) is 0. The number of halogens is 1. The first-order valence-electron chi connectivity index (χ1n) is 8.37. The van der Waals surface area contributed by atoms with E-state index in [0.717, 1.165) is 35.6 Å². The summed E-state index contributed by atoms with van der Waals surface area (Å²) >= 11 is 5.92. The Labute approximate surface area is 138 Å². The maximum absolute atomic E-state index is 5.96. The Balaban J connectivity index is 1.49. The number of ether oxygens (including phenoxy) is 2. The Kier molecular flexibility index (Phi) is 5.56. The molecule has 0 N–H and O–H groups in total. The van der Waals surface area contributed by atoms with Crippen LogP contribution in [0.1, 0.15) is 44.5 Å². The maximum atomic E-state index is 5.96. The lowest BCUT2D eigenvalue weighted by Gasteiger charge is -2.37. The number of hydrogen-bond donors (Lipinski definition) is 0. The van der Waals surface area contributed by atoms with Crippen LogP contribution >= 0.6 is 11.6 Å². The maximum Gasteiger partial charge on any atom is 0.183 e. The van der Waals surface area contributed by atoms with Crippen LogP contribution in [0.4, 0.5) is 0 Å². The summed E-state index contributed by atoms with van der Waals surface area (Å²) in [6, 6.07) is 7.74. The smallest absolute Gasteiger partial charge is 0.183 e. The predicted octanol–water partition coefficient (Wildman–Crippen LogP) is 5.38. The molecule has 3 rings (SSSR count). The Morgan fingerprint density at radius 1 is 0.955 bits per heavy atom. The van der Waals surface area contributed by atoms with Crippen LogP contribution in [-0.2, 0) is 9.47 Å². The molecule has 3 heteroatoms. The highest BCUT2D eigenvalue weighted by atomic mass is 35.5. The minimum atomic E-state index is -0.229. The van der Waals surface area contributed by atoms with Crippen LogP contribution in [-0.4, -0.2) is 13.2 Å². The standard InChI is InChI=1S/C19H25ClO2/c1-2-3-14-4-6-15(7-5-14)17-12-21-19(22-13-17)16-8-10-18(20)11-9-16/h2-3,8-11,14-15,17,19H,4-7,12-13H2,1H3/b3-2+/t14-,15-,17?,19?. The molecule has 0 aromatic heterocycles. The van der Waals surface area contributed by atoms with E-state index in [1.54, 1.807) is 0 Å². The summed E-state index contributed by atoms with van der Waals surface area (Å²) in [4.78, 5) is 0. The Morgan fingerprint density at radius 2 is 1.59 bits per heavy atom. The van der Waals surface area contributed by atoms with Gasteiger partial charge in [-0.2, -0.15) is 0 Å². The molecule has 0 atom stereocenters. The summed E-state index contributed by atoms with van der Waals surface area (Å²) in [5, 5.41) is 0.746. The first-order chi connectivity index (χ1) is 10.8. The van der Waals surface area contributed by atoms with Gasteiger partial charge in [0.25, 0.3) is 0 Å². The molecule has 0 spiro atoms. The van der Waals surface area contributed by atoms with Crippen LogP contribution in [0, 0.1) is 17.8 Å². The lowest BCUT2D eigenvalue weighted by Crippen LogP contribution is -2.34. The molecule has 1 saturated heterocycles. The molecule has 1 aliphatic heterocycles. The summed E-state index contributed by atoms with van der Waals surface area (Å²) in [5.74, 6) is 2.09. The summed E-state index contributed by atoms with van der Waals surface area (Å²) < 4.78 is 11.9. The second kappa shape index (κ2) is 7.63. The third-order valence-corrected chi connectivity index (χ3v) is 5.27. The predicted molar refractivity (Wildman–Crippen MR) is 89.8 cm³/mol. The van der Waals surface area contributed by atoms with E-state index in [0.29, 0.717) is 5.92 Å². The van der Waals surface area contributed by atoms with Crippen molar-refractivity contribution in [3.63, 3.8) is 0 Å². The lowest BCUT2D eigenvalue weighted by atomic mass is 9.76. The molecule has 0 bridgehead atoms.